The molecule has 0 spiro atoms. The molecule has 0 saturated heterocycles. The smallest absolute Gasteiger partial charge is 0.251 e. The van der Waals surface area contributed by atoms with Crippen molar-refractivity contribution in [2.75, 3.05) is 6.61 Å². The van der Waals surface area contributed by atoms with E-state index >= 15 is 0 Å². The second-order valence-corrected chi connectivity index (χ2v) is 3.96. The molecule has 0 aliphatic rings. The van der Waals surface area contributed by atoms with Gasteiger partial charge in [0, 0.05) is 11.6 Å². The molecule has 94 valence electrons. The Labute approximate surface area is 104 Å². The fraction of sp³-hybridized carbons (Fsp3) is 0.250. The van der Waals surface area contributed by atoms with Crippen molar-refractivity contribution in [3.05, 3.63) is 42.2 Å². The van der Waals surface area contributed by atoms with Gasteiger partial charge in [0.05, 0.1) is 24.7 Å². The van der Waals surface area contributed by atoms with Crippen LogP contribution < -0.4 is 5.32 Å². The highest BCUT2D eigenvalue weighted by molar-refractivity contribution is 5.94. The summed E-state index contributed by atoms with van der Waals surface area (Å²) in [6.07, 6.45) is 3.27. The van der Waals surface area contributed by atoms with Gasteiger partial charge < -0.3 is 10.4 Å². The number of hydrogen-bond donors (Lipinski definition) is 2. The molecule has 2 rings (SSSR count). The quantitative estimate of drug-likeness (QED) is 0.817. The summed E-state index contributed by atoms with van der Waals surface area (Å²) in [6, 6.07) is 6.76. The second kappa shape index (κ2) is 5.42. The monoisotopic (exact) mass is 246 g/mol. The van der Waals surface area contributed by atoms with E-state index in [9.17, 15) is 4.79 Å². The zero-order valence-electron chi connectivity index (χ0n) is 9.95. The molecule has 1 heterocycles. The highest BCUT2D eigenvalue weighted by Crippen LogP contribution is 2.09. The van der Waals surface area contributed by atoms with Crippen molar-refractivity contribution >= 4 is 5.91 Å². The van der Waals surface area contributed by atoms with Gasteiger partial charge in [-0.15, -0.1) is 5.10 Å². The van der Waals surface area contributed by atoms with Gasteiger partial charge in [-0.2, -0.15) is 0 Å². The topological polar surface area (TPSA) is 80.0 Å². The highest BCUT2D eigenvalue weighted by atomic mass is 16.3. The Kier molecular flexibility index (Phi) is 3.69. The molecule has 1 aromatic heterocycles. The predicted octanol–water partition coefficient (Wildman–Crippen LogP) is 0.378. The Morgan fingerprint density at radius 2 is 2.39 bits per heavy atom. The van der Waals surface area contributed by atoms with Crippen molar-refractivity contribution in [1.82, 2.24) is 20.3 Å². The first-order valence-corrected chi connectivity index (χ1v) is 5.59. The number of aromatic nitrogens is 3. The Morgan fingerprint density at radius 1 is 1.56 bits per heavy atom. The number of amides is 1. The molecule has 0 fully saturated rings. The number of carbonyl (C=O) groups is 1. The van der Waals surface area contributed by atoms with Gasteiger partial charge in [-0.05, 0) is 25.1 Å². The van der Waals surface area contributed by atoms with Crippen molar-refractivity contribution in [2.24, 2.45) is 0 Å². The fourth-order valence-corrected chi connectivity index (χ4v) is 1.49. The van der Waals surface area contributed by atoms with Crippen LogP contribution in [0.2, 0.25) is 0 Å². The van der Waals surface area contributed by atoms with E-state index in [0.29, 0.717) is 5.56 Å². The minimum Gasteiger partial charge on any atom is -0.394 e. The predicted molar refractivity (Wildman–Crippen MR) is 65.4 cm³/mol. The summed E-state index contributed by atoms with van der Waals surface area (Å²) >= 11 is 0. The number of aliphatic hydroxyl groups is 1. The molecule has 0 saturated carbocycles. The van der Waals surface area contributed by atoms with Gasteiger partial charge >= 0.3 is 0 Å². The van der Waals surface area contributed by atoms with Crippen LogP contribution >= 0.6 is 0 Å². The third kappa shape index (κ3) is 2.72. The van der Waals surface area contributed by atoms with Crippen LogP contribution in [0.4, 0.5) is 0 Å². The average Bonchev–Trinajstić information content (AvgIpc) is 2.92. The Balaban J connectivity index is 2.20. The van der Waals surface area contributed by atoms with E-state index < -0.39 is 0 Å². The lowest BCUT2D eigenvalue weighted by molar-refractivity contribution is 0.0922. The zero-order chi connectivity index (χ0) is 13.0. The van der Waals surface area contributed by atoms with E-state index in [4.69, 9.17) is 5.11 Å². The van der Waals surface area contributed by atoms with E-state index in [1.807, 2.05) is 6.07 Å². The molecule has 18 heavy (non-hydrogen) atoms. The van der Waals surface area contributed by atoms with Crippen LogP contribution in [-0.2, 0) is 0 Å². The summed E-state index contributed by atoms with van der Waals surface area (Å²) in [5.74, 6) is -0.224. The van der Waals surface area contributed by atoms with Gasteiger partial charge in [-0.1, -0.05) is 11.3 Å². The van der Waals surface area contributed by atoms with Gasteiger partial charge in [0.2, 0.25) is 0 Å². The van der Waals surface area contributed by atoms with Crippen molar-refractivity contribution in [1.29, 1.82) is 0 Å². The fourth-order valence-electron chi connectivity index (χ4n) is 1.49. The molecule has 1 amide bonds. The van der Waals surface area contributed by atoms with Gasteiger partial charge in [0.25, 0.3) is 5.91 Å². The molecule has 1 unspecified atom stereocenters. The molecule has 6 nitrogen and oxygen atoms in total. The van der Waals surface area contributed by atoms with Crippen LogP contribution in [0.5, 0.6) is 0 Å². The summed E-state index contributed by atoms with van der Waals surface area (Å²) in [5.41, 5.74) is 1.28. The Morgan fingerprint density at radius 3 is 3.06 bits per heavy atom. The van der Waals surface area contributed by atoms with Gasteiger partial charge in [0.1, 0.15) is 0 Å². The summed E-state index contributed by atoms with van der Waals surface area (Å²) in [4.78, 5) is 11.9. The van der Waals surface area contributed by atoms with Crippen molar-refractivity contribution in [3.8, 4) is 5.69 Å². The maximum absolute atomic E-state index is 11.9. The summed E-state index contributed by atoms with van der Waals surface area (Å²) in [5, 5.41) is 19.2. The van der Waals surface area contributed by atoms with E-state index in [1.165, 1.54) is 0 Å². The van der Waals surface area contributed by atoms with Crippen LogP contribution in [0.3, 0.4) is 0 Å². The van der Waals surface area contributed by atoms with E-state index in [-0.39, 0.29) is 18.6 Å². The molecule has 6 heteroatoms. The molecular formula is C12H14N4O2. The summed E-state index contributed by atoms with van der Waals surface area (Å²) in [6.45, 7) is 1.65. The summed E-state index contributed by atoms with van der Waals surface area (Å²) < 4.78 is 1.58. The lowest BCUT2D eigenvalue weighted by Gasteiger charge is -2.11. The van der Waals surface area contributed by atoms with Crippen LogP contribution in [0.15, 0.2) is 36.7 Å². The SMILES string of the molecule is CC(CO)NC(=O)c1cccc(-n2ccnn2)c1. The number of carbonyl (C=O) groups excluding carboxylic acids is 1. The lowest BCUT2D eigenvalue weighted by atomic mass is 10.2. The number of hydrogen-bond acceptors (Lipinski definition) is 4. The minimum absolute atomic E-state index is 0.0888. The first-order valence-electron chi connectivity index (χ1n) is 5.59. The first-order chi connectivity index (χ1) is 8.70. The standard InChI is InChI=1S/C12H14N4O2/c1-9(8-17)14-12(18)10-3-2-4-11(7-10)16-6-5-13-15-16/h2-7,9,17H,8H2,1H3,(H,14,18). The van der Waals surface area contributed by atoms with Crippen LogP contribution in [0.25, 0.3) is 5.69 Å². The molecule has 2 N–H and O–H groups in total. The maximum Gasteiger partial charge on any atom is 0.251 e. The number of aliphatic hydroxyl groups excluding tert-OH is 1. The van der Waals surface area contributed by atoms with Crippen LogP contribution in [0.1, 0.15) is 17.3 Å². The number of nitrogens with zero attached hydrogens (tertiary/aromatic N) is 3. The third-order valence-corrected chi connectivity index (χ3v) is 2.45. The molecule has 1 atom stereocenters. The Hall–Kier alpha value is -2.21. The zero-order valence-corrected chi connectivity index (χ0v) is 9.95. The number of nitrogens with one attached hydrogen (secondary N) is 1. The van der Waals surface area contributed by atoms with Crippen LogP contribution in [0, 0.1) is 0 Å². The minimum atomic E-state index is -0.271. The normalized spacial score (nSPS) is 12.1. The largest absolute Gasteiger partial charge is 0.394 e. The van der Waals surface area contributed by atoms with E-state index in [2.05, 4.69) is 15.6 Å². The van der Waals surface area contributed by atoms with E-state index in [1.54, 1.807) is 42.2 Å². The second-order valence-electron chi connectivity index (χ2n) is 3.96. The first kappa shape index (κ1) is 12.3. The highest BCUT2D eigenvalue weighted by Gasteiger charge is 2.09. The molecule has 0 aliphatic heterocycles. The Bertz CT molecular complexity index is 525. The maximum atomic E-state index is 11.9. The van der Waals surface area contributed by atoms with Crippen molar-refractivity contribution in [3.63, 3.8) is 0 Å². The van der Waals surface area contributed by atoms with Crippen molar-refractivity contribution < 1.29 is 9.90 Å². The average molecular weight is 246 g/mol. The van der Waals surface area contributed by atoms with Gasteiger partial charge in [-0.25, -0.2) is 4.68 Å². The molecular weight excluding hydrogens is 232 g/mol. The third-order valence-electron chi connectivity index (χ3n) is 2.45. The molecule has 0 aliphatic carbocycles. The molecule has 0 radical (unpaired) electrons. The molecule has 1 aromatic carbocycles. The van der Waals surface area contributed by atoms with Gasteiger partial charge in [0.15, 0.2) is 0 Å². The lowest BCUT2D eigenvalue weighted by Crippen LogP contribution is -2.35. The molecule has 2 aromatic rings. The number of rotatable bonds is 4. The van der Waals surface area contributed by atoms with Gasteiger partial charge in [-0.3, -0.25) is 4.79 Å². The molecule has 0 bridgehead atoms. The summed E-state index contributed by atoms with van der Waals surface area (Å²) in [7, 11) is 0. The number of benzene rings is 1. The van der Waals surface area contributed by atoms with Crippen LogP contribution in [-0.4, -0.2) is 38.7 Å². The van der Waals surface area contributed by atoms with Crippen molar-refractivity contribution in [2.45, 2.75) is 13.0 Å². The van der Waals surface area contributed by atoms with E-state index in [0.717, 1.165) is 5.69 Å².